The number of halogens is 3. The smallest absolute Gasteiger partial charge is 0.137 e. The number of aromatic nitrogens is 1. The van der Waals surface area contributed by atoms with Crippen LogP contribution in [0.3, 0.4) is 0 Å². The molecule has 1 aromatic heterocycles. The molecule has 0 bridgehead atoms. The van der Waals surface area contributed by atoms with Crippen LogP contribution in [-0.4, -0.2) is 4.98 Å². The predicted octanol–water partition coefficient (Wildman–Crippen LogP) is 4.22. The number of rotatable bonds is 3. The van der Waals surface area contributed by atoms with Crippen molar-refractivity contribution < 1.29 is 9.13 Å². The van der Waals surface area contributed by atoms with E-state index < -0.39 is 0 Å². The maximum atomic E-state index is 13.0. The van der Waals surface area contributed by atoms with Gasteiger partial charge in [0.2, 0.25) is 0 Å². The van der Waals surface area contributed by atoms with Crippen molar-refractivity contribution in [3.8, 4) is 5.75 Å². The van der Waals surface area contributed by atoms with Gasteiger partial charge in [-0.1, -0.05) is 11.6 Å². The summed E-state index contributed by atoms with van der Waals surface area (Å²) in [5.41, 5.74) is 0.908. The SMILES string of the molecule is Fc1ccc(OCc2ccnc(Cl)c2)cc1Br. The molecule has 1 aromatic carbocycles. The van der Waals surface area contributed by atoms with E-state index in [9.17, 15) is 4.39 Å². The second kappa shape index (κ2) is 5.47. The summed E-state index contributed by atoms with van der Waals surface area (Å²) in [4.78, 5) is 3.87. The van der Waals surface area contributed by atoms with Gasteiger partial charge >= 0.3 is 0 Å². The van der Waals surface area contributed by atoms with E-state index in [0.29, 0.717) is 22.0 Å². The first kappa shape index (κ1) is 12.3. The molecule has 0 atom stereocenters. The van der Waals surface area contributed by atoms with Crippen LogP contribution in [0.15, 0.2) is 41.0 Å². The number of nitrogens with zero attached hydrogens (tertiary/aromatic N) is 1. The van der Waals surface area contributed by atoms with Gasteiger partial charge in [-0.3, -0.25) is 0 Å². The fourth-order valence-corrected chi connectivity index (χ4v) is 1.82. The Morgan fingerprint density at radius 1 is 1.29 bits per heavy atom. The molecule has 0 aliphatic heterocycles. The molecule has 0 amide bonds. The van der Waals surface area contributed by atoms with E-state index >= 15 is 0 Å². The van der Waals surface area contributed by atoms with Gasteiger partial charge < -0.3 is 4.74 Å². The van der Waals surface area contributed by atoms with Crippen molar-refractivity contribution in [2.24, 2.45) is 0 Å². The third kappa shape index (κ3) is 3.41. The van der Waals surface area contributed by atoms with Gasteiger partial charge in [0.25, 0.3) is 0 Å². The molecule has 0 saturated heterocycles. The minimum atomic E-state index is -0.315. The molecule has 0 radical (unpaired) electrons. The molecular weight excluding hydrogens is 308 g/mol. The summed E-state index contributed by atoms with van der Waals surface area (Å²) in [5, 5.41) is 0.423. The topological polar surface area (TPSA) is 22.1 Å². The lowest BCUT2D eigenvalue weighted by atomic mass is 10.3. The molecule has 0 aliphatic carbocycles. The monoisotopic (exact) mass is 315 g/mol. The van der Waals surface area contributed by atoms with Gasteiger partial charge in [0, 0.05) is 6.20 Å². The van der Waals surface area contributed by atoms with E-state index in [1.165, 1.54) is 6.07 Å². The molecule has 1 heterocycles. The van der Waals surface area contributed by atoms with Crippen molar-refractivity contribution >= 4 is 27.5 Å². The molecule has 0 N–H and O–H groups in total. The Morgan fingerprint density at radius 3 is 2.82 bits per heavy atom. The van der Waals surface area contributed by atoms with Crippen LogP contribution in [0.1, 0.15) is 5.56 Å². The number of ether oxygens (including phenoxy) is 1. The van der Waals surface area contributed by atoms with Gasteiger partial charge in [-0.2, -0.15) is 0 Å². The van der Waals surface area contributed by atoms with Crippen LogP contribution in [0.4, 0.5) is 4.39 Å². The quantitative estimate of drug-likeness (QED) is 0.791. The van der Waals surface area contributed by atoms with Crippen molar-refractivity contribution in [3.05, 3.63) is 57.5 Å². The summed E-state index contributed by atoms with van der Waals surface area (Å²) in [6.45, 7) is 0.361. The minimum Gasteiger partial charge on any atom is -0.489 e. The minimum absolute atomic E-state index is 0.315. The summed E-state index contributed by atoms with van der Waals surface area (Å²) < 4.78 is 18.9. The van der Waals surface area contributed by atoms with Crippen LogP contribution in [0, 0.1) is 5.82 Å². The van der Waals surface area contributed by atoms with Gasteiger partial charge in [0.05, 0.1) is 4.47 Å². The molecule has 88 valence electrons. The highest BCUT2D eigenvalue weighted by atomic mass is 79.9. The van der Waals surface area contributed by atoms with E-state index in [-0.39, 0.29) is 5.82 Å². The second-order valence-electron chi connectivity index (χ2n) is 3.35. The summed E-state index contributed by atoms with van der Waals surface area (Å²) in [6.07, 6.45) is 1.61. The summed E-state index contributed by atoms with van der Waals surface area (Å²) in [6, 6.07) is 8.03. The van der Waals surface area contributed by atoms with E-state index in [2.05, 4.69) is 20.9 Å². The molecule has 2 nitrogen and oxygen atoms in total. The Bertz CT molecular complexity index is 536. The average Bonchev–Trinajstić information content (AvgIpc) is 2.31. The Labute approximate surface area is 112 Å². The van der Waals surface area contributed by atoms with Crippen LogP contribution >= 0.6 is 27.5 Å². The van der Waals surface area contributed by atoms with Crippen molar-refractivity contribution in [3.63, 3.8) is 0 Å². The van der Waals surface area contributed by atoms with Crippen LogP contribution in [0.2, 0.25) is 5.15 Å². The summed E-state index contributed by atoms with van der Waals surface area (Å²) in [7, 11) is 0. The highest BCUT2D eigenvalue weighted by Gasteiger charge is 2.02. The Hall–Kier alpha value is -1.13. The van der Waals surface area contributed by atoms with Crippen molar-refractivity contribution in [1.29, 1.82) is 0 Å². The molecular formula is C12H8BrClFNO. The molecule has 0 fully saturated rings. The lowest BCUT2D eigenvalue weighted by Gasteiger charge is -2.07. The zero-order valence-electron chi connectivity index (χ0n) is 8.66. The van der Waals surface area contributed by atoms with Gasteiger partial charge in [0.15, 0.2) is 0 Å². The predicted molar refractivity (Wildman–Crippen MR) is 67.7 cm³/mol. The molecule has 5 heteroatoms. The molecule has 2 rings (SSSR count). The van der Waals surface area contributed by atoms with Crippen LogP contribution in [-0.2, 0) is 6.61 Å². The molecule has 0 unspecified atom stereocenters. The number of hydrogen-bond donors (Lipinski definition) is 0. The normalized spacial score (nSPS) is 10.3. The lowest BCUT2D eigenvalue weighted by molar-refractivity contribution is 0.305. The average molecular weight is 317 g/mol. The first-order chi connectivity index (χ1) is 8.15. The Morgan fingerprint density at radius 2 is 2.12 bits per heavy atom. The first-order valence-corrected chi connectivity index (χ1v) is 6.00. The maximum absolute atomic E-state index is 13.0. The Kier molecular flexibility index (Phi) is 3.97. The fraction of sp³-hybridized carbons (Fsp3) is 0.0833. The van der Waals surface area contributed by atoms with Gasteiger partial charge in [-0.05, 0) is 51.8 Å². The van der Waals surface area contributed by atoms with Crippen LogP contribution < -0.4 is 4.74 Å². The molecule has 0 aliphatic rings. The van der Waals surface area contributed by atoms with Gasteiger partial charge in [-0.25, -0.2) is 9.37 Å². The highest BCUT2D eigenvalue weighted by Crippen LogP contribution is 2.22. The zero-order valence-corrected chi connectivity index (χ0v) is 11.0. The molecule has 2 aromatic rings. The third-order valence-corrected chi connectivity index (χ3v) is 2.90. The maximum Gasteiger partial charge on any atom is 0.137 e. The fourth-order valence-electron chi connectivity index (χ4n) is 1.27. The van der Waals surface area contributed by atoms with Crippen molar-refractivity contribution in [2.45, 2.75) is 6.61 Å². The van der Waals surface area contributed by atoms with Crippen molar-refractivity contribution in [2.75, 3.05) is 0 Å². The molecule has 17 heavy (non-hydrogen) atoms. The largest absolute Gasteiger partial charge is 0.489 e. The van der Waals surface area contributed by atoms with E-state index in [1.54, 1.807) is 24.4 Å². The van der Waals surface area contributed by atoms with E-state index in [4.69, 9.17) is 16.3 Å². The standard InChI is InChI=1S/C12H8BrClFNO/c13-10-6-9(1-2-11(10)15)17-7-8-3-4-16-12(14)5-8/h1-6H,7H2. The van der Waals surface area contributed by atoms with Gasteiger partial charge in [0.1, 0.15) is 23.3 Å². The Balaban J connectivity index is 2.05. The molecule has 0 saturated carbocycles. The van der Waals surface area contributed by atoms with Crippen molar-refractivity contribution in [1.82, 2.24) is 4.98 Å². The summed E-state index contributed by atoms with van der Waals surface area (Å²) >= 11 is 8.85. The van der Waals surface area contributed by atoms with Gasteiger partial charge in [-0.15, -0.1) is 0 Å². The number of hydrogen-bond acceptors (Lipinski definition) is 2. The third-order valence-electron chi connectivity index (χ3n) is 2.09. The number of pyridine rings is 1. The number of benzene rings is 1. The van der Waals surface area contributed by atoms with Crippen LogP contribution in [0.5, 0.6) is 5.75 Å². The zero-order chi connectivity index (χ0) is 12.3. The van der Waals surface area contributed by atoms with E-state index in [1.807, 2.05) is 6.07 Å². The first-order valence-electron chi connectivity index (χ1n) is 4.83. The molecule has 0 spiro atoms. The lowest BCUT2D eigenvalue weighted by Crippen LogP contribution is -1.96. The van der Waals surface area contributed by atoms with Crippen LogP contribution in [0.25, 0.3) is 0 Å². The van der Waals surface area contributed by atoms with E-state index in [0.717, 1.165) is 5.56 Å². The second-order valence-corrected chi connectivity index (χ2v) is 4.59. The highest BCUT2D eigenvalue weighted by molar-refractivity contribution is 9.10. The summed E-state index contributed by atoms with van der Waals surface area (Å²) in [5.74, 6) is 0.274.